The standard InChI is InChI=1S/C13H21N3OS/c1-4-10(2)15-5-7-16(8-6-15)13-14-9-12(18-13)11(3)17/h9-10H,4-8H2,1-3H3. The lowest BCUT2D eigenvalue weighted by molar-refractivity contribution is 0.102. The van der Waals surface area contributed by atoms with Crippen LogP contribution in [0.25, 0.3) is 0 Å². The molecule has 1 fully saturated rings. The van der Waals surface area contributed by atoms with E-state index in [2.05, 4.69) is 28.6 Å². The maximum atomic E-state index is 11.3. The van der Waals surface area contributed by atoms with Gasteiger partial charge in [-0.05, 0) is 13.3 Å². The summed E-state index contributed by atoms with van der Waals surface area (Å²) in [5.74, 6) is 0.108. The van der Waals surface area contributed by atoms with Crippen LogP contribution in [0.5, 0.6) is 0 Å². The highest BCUT2D eigenvalue weighted by atomic mass is 32.1. The molecule has 0 N–H and O–H groups in total. The number of ketones is 1. The van der Waals surface area contributed by atoms with Crippen LogP contribution in [-0.2, 0) is 0 Å². The van der Waals surface area contributed by atoms with Crippen LogP contribution in [0.4, 0.5) is 5.13 Å². The number of nitrogens with zero attached hydrogens (tertiary/aromatic N) is 3. The average Bonchev–Trinajstić information content (AvgIpc) is 2.88. The lowest BCUT2D eigenvalue weighted by Gasteiger charge is -2.37. The first-order chi connectivity index (χ1) is 8.61. The fraction of sp³-hybridized carbons (Fsp3) is 0.692. The fourth-order valence-electron chi connectivity index (χ4n) is 2.19. The molecule has 4 nitrogen and oxygen atoms in total. The summed E-state index contributed by atoms with van der Waals surface area (Å²) in [5, 5.41) is 0.990. The van der Waals surface area contributed by atoms with Gasteiger partial charge in [0.05, 0.1) is 11.1 Å². The second-order valence-corrected chi connectivity index (χ2v) is 5.85. The van der Waals surface area contributed by atoms with Crippen molar-refractivity contribution in [1.82, 2.24) is 9.88 Å². The van der Waals surface area contributed by atoms with Crippen LogP contribution >= 0.6 is 11.3 Å². The fourth-order valence-corrected chi connectivity index (χ4v) is 3.05. The van der Waals surface area contributed by atoms with Gasteiger partial charge in [-0.1, -0.05) is 18.3 Å². The van der Waals surface area contributed by atoms with Gasteiger partial charge in [0, 0.05) is 39.1 Å². The molecule has 2 rings (SSSR count). The van der Waals surface area contributed by atoms with Crippen LogP contribution in [0.2, 0.25) is 0 Å². The quantitative estimate of drug-likeness (QED) is 0.784. The van der Waals surface area contributed by atoms with Gasteiger partial charge in [-0.2, -0.15) is 0 Å². The molecule has 2 heterocycles. The Morgan fingerprint density at radius 3 is 2.61 bits per heavy atom. The molecule has 1 aliphatic heterocycles. The number of carbonyl (C=O) groups is 1. The van der Waals surface area contributed by atoms with Crippen molar-refractivity contribution in [1.29, 1.82) is 0 Å². The van der Waals surface area contributed by atoms with Crippen LogP contribution in [0.15, 0.2) is 6.20 Å². The molecule has 18 heavy (non-hydrogen) atoms. The smallest absolute Gasteiger partial charge is 0.186 e. The zero-order valence-corrected chi connectivity index (χ0v) is 12.2. The summed E-state index contributed by atoms with van der Waals surface area (Å²) >= 11 is 1.51. The Hall–Kier alpha value is -0.940. The molecule has 0 spiro atoms. The molecule has 0 amide bonds. The molecule has 100 valence electrons. The van der Waals surface area contributed by atoms with Gasteiger partial charge < -0.3 is 4.90 Å². The number of Topliss-reactive ketones (excluding diaryl/α,β-unsaturated/α-hetero) is 1. The molecule has 0 radical (unpaired) electrons. The lowest BCUT2D eigenvalue weighted by Crippen LogP contribution is -2.49. The minimum Gasteiger partial charge on any atom is -0.346 e. The molecule has 1 aliphatic rings. The predicted octanol–water partition coefficient (Wildman–Crippen LogP) is 2.27. The molecule has 5 heteroatoms. The Labute approximate surface area is 113 Å². The van der Waals surface area contributed by atoms with Gasteiger partial charge in [-0.25, -0.2) is 4.98 Å². The van der Waals surface area contributed by atoms with Gasteiger partial charge in [-0.3, -0.25) is 9.69 Å². The molecule has 0 saturated carbocycles. The molecule has 1 atom stereocenters. The Balaban J connectivity index is 1.94. The summed E-state index contributed by atoms with van der Waals surface area (Å²) in [4.78, 5) is 21.2. The van der Waals surface area contributed by atoms with E-state index in [1.54, 1.807) is 13.1 Å². The van der Waals surface area contributed by atoms with Crippen molar-refractivity contribution in [2.75, 3.05) is 31.1 Å². The Morgan fingerprint density at radius 2 is 2.11 bits per heavy atom. The van der Waals surface area contributed by atoms with E-state index in [9.17, 15) is 4.79 Å². The van der Waals surface area contributed by atoms with E-state index in [0.717, 1.165) is 36.2 Å². The zero-order chi connectivity index (χ0) is 13.1. The van der Waals surface area contributed by atoms with Crippen LogP contribution in [0, 0.1) is 0 Å². The number of aromatic nitrogens is 1. The summed E-state index contributed by atoms with van der Waals surface area (Å²) in [5.41, 5.74) is 0. The van der Waals surface area contributed by atoms with Gasteiger partial charge in [0.2, 0.25) is 0 Å². The molecular weight excluding hydrogens is 246 g/mol. The van der Waals surface area contributed by atoms with Crippen molar-refractivity contribution in [2.24, 2.45) is 0 Å². The van der Waals surface area contributed by atoms with Crippen molar-refractivity contribution in [3.63, 3.8) is 0 Å². The van der Waals surface area contributed by atoms with E-state index < -0.39 is 0 Å². The summed E-state index contributed by atoms with van der Waals surface area (Å²) in [7, 11) is 0. The molecule has 1 saturated heterocycles. The Morgan fingerprint density at radius 1 is 1.44 bits per heavy atom. The van der Waals surface area contributed by atoms with Gasteiger partial charge in [-0.15, -0.1) is 0 Å². The molecular formula is C13H21N3OS. The van der Waals surface area contributed by atoms with Gasteiger partial charge in [0.15, 0.2) is 10.9 Å². The molecule has 1 aromatic heterocycles. The second-order valence-electron chi connectivity index (χ2n) is 4.84. The third kappa shape index (κ3) is 2.90. The number of rotatable bonds is 4. The van der Waals surface area contributed by atoms with E-state index in [4.69, 9.17) is 0 Å². The third-order valence-corrected chi connectivity index (χ3v) is 4.80. The zero-order valence-electron chi connectivity index (χ0n) is 11.3. The van der Waals surface area contributed by atoms with E-state index in [1.807, 2.05) is 0 Å². The molecule has 1 unspecified atom stereocenters. The van der Waals surface area contributed by atoms with Crippen LogP contribution < -0.4 is 4.90 Å². The summed E-state index contributed by atoms with van der Waals surface area (Å²) in [6, 6.07) is 0.663. The maximum absolute atomic E-state index is 11.3. The summed E-state index contributed by atoms with van der Waals surface area (Å²) in [6.45, 7) is 10.3. The topological polar surface area (TPSA) is 36.4 Å². The number of carbonyl (C=O) groups excluding carboxylic acids is 1. The SMILES string of the molecule is CCC(C)N1CCN(c2ncc(C(C)=O)s2)CC1. The van der Waals surface area contributed by atoms with E-state index >= 15 is 0 Å². The lowest BCUT2D eigenvalue weighted by atomic mass is 10.2. The van der Waals surface area contributed by atoms with Crippen molar-refractivity contribution in [3.8, 4) is 0 Å². The average molecular weight is 267 g/mol. The first-order valence-corrected chi connectivity index (χ1v) is 7.39. The van der Waals surface area contributed by atoms with Gasteiger partial charge in [0.1, 0.15) is 0 Å². The van der Waals surface area contributed by atoms with Crippen LogP contribution in [0.3, 0.4) is 0 Å². The minimum absolute atomic E-state index is 0.108. The Bertz CT molecular complexity index is 410. The van der Waals surface area contributed by atoms with E-state index in [1.165, 1.54) is 17.8 Å². The number of anilines is 1. The highest BCUT2D eigenvalue weighted by Gasteiger charge is 2.22. The number of hydrogen-bond donors (Lipinski definition) is 0. The molecule has 0 aliphatic carbocycles. The number of piperazine rings is 1. The van der Waals surface area contributed by atoms with E-state index in [0.29, 0.717) is 6.04 Å². The maximum Gasteiger partial charge on any atom is 0.186 e. The molecule has 0 bridgehead atoms. The monoisotopic (exact) mass is 267 g/mol. The summed E-state index contributed by atoms with van der Waals surface area (Å²) in [6.07, 6.45) is 2.90. The molecule has 1 aromatic rings. The second kappa shape index (κ2) is 5.80. The largest absolute Gasteiger partial charge is 0.346 e. The van der Waals surface area contributed by atoms with E-state index in [-0.39, 0.29) is 5.78 Å². The normalized spacial score (nSPS) is 18.9. The van der Waals surface area contributed by atoms with Gasteiger partial charge in [0.25, 0.3) is 0 Å². The minimum atomic E-state index is 0.108. The number of hydrogen-bond acceptors (Lipinski definition) is 5. The predicted molar refractivity (Wildman–Crippen MR) is 75.7 cm³/mol. The highest BCUT2D eigenvalue weighted by Crippen LogP contribution is 2.24. The highest BCUT2D eigenvalue weighted by molar-refractivity contribution is 7.17. The van der Waals surface area contributed by atoms with Crippen molar-refractivity contribution < 1.29 is 4.79 Å². The van der Waals surface area contributed by atoms with Crippen molar-refractivity contribution in [2.45, 2.75) is 33.2 Å². The Kier molecular flexibility index (Phi) is 4.35. The number of thiazole rings is 1. The first kappa shape index (κ1) is 13.5. The van der Waals surface area contributed by atoms with Crippen molar-refractivity contribution in [3.05, 3.63) is 11.1 Å². The van der Waals surface area contributed by atoms with Crippen LogP contribution in [-0.4, -0.2) is 47.9 Å². The summed E-state index contributed by atoms with van der Waals surface area (Å²) < 4.78 is 0. The molecule has 0 aromatic carbocycles. The van der Waals surface area contributed by atoms with Crippen LogP contribution in [0.1, 0.15) is 36.9 Å². The van der Waals surface area contributed by atoms with Crippen molar-refractivity contribution >= 4 is 22.3 Å². The first-order valence-electron chi connectivity index (χ1n) is 6.57. The van der Waals surface area contributed by atoms with Gasteiger partial charge >= 0.3 is 0 Å². The third-order valence-electron chi connectivity index (χ3n) is 3.64.